The molecule has 146 valence electrons. The van der Waals surface area contributed by atoms with Gasteiger partial charge in [-0.1, -0.05) is 24.1 Å². The van der Waals surface area contributed by atoms with Crippen molar-refractivity contribution in [3.05, 3.63) is 23.4 Å². The summed E-state index contributed by atoms with van der Waals surface area (Å²) in [5, 5.41) is 9.16. The maximum atomic E-state index is 12.3. The zero-order chi connectivity index (χ0) is 18.5. The van der Waals surface area contributed by atoms with Crippen molar-refractivity contribution >= 4 is 17.2 Å². The Morgan fingerprint density at radius 2 is 2.07 bits per heavy atom. The first kappa shape index (κ1) is 18.6. The van der Waals surface area contributed by atoms with Crippen LogP contribution >= 0.6 is 11.3 Å². The average Bonchev–Trinajstić information content (AvgIpc) is 3.44. The lowest BCUT2D eigenvalue weighted by atomic mass is 10.0. The maximum Gasteiger partial charge on any atom is 0.227 e. The van der Waals surface area contributed by atoms with Crippen molar-refractivity contribution in [3.63, 3.8) is 0 Å². The van der Waals surface area contributed by atoms with Gasteiger partial charge in [-0.05, 0) is 43.0 Å². The van der Waals surface area contributed by atoms with Crippen LogP contribution in [0.2, 0.25) is 0 Å². The monoisotopic (exact) mass is 388 g/mol. The molecule has 1 N–H and O–H groups in total. The van der Waals surface area contributed by atoms with E-state index in [0.717, 1.165) is 36.7 Å². The zero-order valence-corrected chi connectivity index (χ0v) is 16.5. The van der Waals surface area contributed by atoms with Crippen LogP contribution < -0.4 is 5.32 Å². The van der Waals surface area contributed by atoms with Crippen LogP contribution in [0.3, 0.4) is 0 Å². The predicted octanol–water partition coefficient (Wildman–Crippen LogP) is 3.50. The van der Waals surface area contributed by atoms with E-state index in [2.05, 4.69) is 20.4 Å². The molecule has 0 aromatic carbocycles. The van der Waals surface area contributed by atoms with Crippen molar-refractivity contribution in [2.75, 3.05) is 19.6 Å². The number of carbonyl (C=O) groups is 1. The first-order chi connectivity index (χ1) is 13.3. The highest BCUT2D eigenvalue weighted by Crippen LogP contribution is 2.26. The van der Waals surface area contributed by atoms with E-state index in [9.17, 15) is 4.79 Å². The Kier molecular flexibility index (Phi) is 6.19. The highest BCUT2D eigenvalue weighted by atomic mass is 32.1. The van der Waals surface area contributed by atoms with Crippen LogP contribution in [-0.2, 0) is 11.2 Å². The third kappa shape index (κ3) is 5.17. The van der Waals surface area contributed by atoms with Crippen molar-refractivity contribution in [1.29, 1.82) is 0 Å². The summed E-state index contributed by atoms with van der Waals surface area (Å²) in [5.74, 6) is 2.12. The fraction of sp³-hybridized carbons (Fsp3) is 0.650. The number of hydrogen-bond acceptors (Lipinski definition) is 6. The SMILES string of the molecule is O=C(CCc1nc(-c2cccs2)no1)NC1CCN(CC2CCCC2)CC1. The second-order valence-electron chi connectivity index (χ2n) is 7.78. The Labute approximate surface area is 164 Å². The lowest BCUT2D eigenvalue weighted by Crippen LogP contribution is -2.45. The van der Waals surface area contributed by atoms with E-state index in [-0.39, 0.29) is 5.91 Å². The predicted molar refractivity (Wildman–Crippen MR) is 105 cm³/mol. The average molecular weight is 389 g/mol. The second-order valence-corrected chi connectivity index (χ2v) is 8.73. The number of rotatable bonds is 7. The first-order valence-corrected chi connectivity index (χ1v) is 11.0. The summed E-state index contributed by atoms with van der Waals surface area (Å²) < 4.78 is 5.27. The molecule has 6 nitrogen and oxygen atoms in total. The summed E-state index contributed by atoms with van der Waals surface area (Å²) in [6.45, 7) is 3.47. The van der Waals surface area contributed by atoms with Crippen LogP contribution in [0.25, 0.3) is 10.7 Å². The third-order valence-corrected chi connectivity index (χ3v) is 6.59. The number of nitrogens with one attached hydrogen (secondary N) is 1. The highest BCUT2D eigenvalue weighted by molar-refractivity contribution is 7.13. The molecule has 27 heavy (non-hydrogen) atoms. The molecule has 1 saturated heterocycles. The van der Waals surface area contributed by atoms with E-state index >= 15 is 0 Å². The molecule has 7 heteroatoms. The number of amides is 1. The van der Waals surface area contributed by atoms with Crippen LogP contribution in [0.5, 0.6) is 0 Å². The maximum absolute atomic E-state index is 12.3. The summed E-state index contributed by atoms with van der Waals surface area (Å²) in [7, 11) is 0. The van der Waals surface area contributed by atoms with E-state index < -0.39 is 0 Å². The Morgan fingerprint density at radius 3 is 2.81 bits per heavy atom. The Balaban J connectivity index is 1.16. The van der Waals surface area contributed by atoms with Crippen molar-refractivity contribution < 1.29 is 9.32 Å². The molecule has 1 aliphatic carbocycles. The third-order valence-electron chi connectivity index (χ3n) is 5.72. The van der Waals surface area contributed by atoms with Gasteiger partial charge in [0.25, 0.3) is 0 Å². The molecule has 0 radical (unpaired) electrons. The fourth-order valence-electron chi connectivity index (χ4n) is 4.20. The van der Waals surface area contributed by atoms with Crippen molar-refractivity contribution in [2.45, 2.75) is 57.4 Å². The number of carbonyl (C=O) groups excluding carboxylic acids is 1. The van der Waals surface area contributed by atoms with Gasteiger partial charge in [0.2, 0.25) is 17.6 Å². The number of piperidine rings is 1. The number of hydrogen-bond donors (Lipinski definition) is 1. The molecule has 2 aromatic heterocycles. The molecule has 1 saturated carbocycles. The largest absolute Gasteiger partial charge is 0.353 e. The fourth-order valence-corrected chi connectivity index (χ4v) is 4.85. The second kappa shape index (κ2) is 8.97. The van der Waals surface area contributed by atoms with Crippen molar-refractivity contribution in [2.24, 2.45) is 5.92 Å². The van der Waals surface area contributed by atoms with Gasteiger partial charge < -0.3 is 14.7 Å². The molecular weight excluding hydrogens is 360 g/mol. The highest BCUT2D eigenvalue weighted by Gasteiger charge is 2.24. The lowest BCUT2D eigenvalue weighted by Gasteiger charge is -2.33. The van der Waals surface area contributed by atoms with Gasteiger partial charge >= 0.3 is 0 Å². The Hall–Kier alpha value is -1.73. The molecule has 3 heterocycles. The van der Waals surface area contributed by atoms with Gasteiger partial charge in [-0.25, -0.2) is 0 Å². The van der Waals surface area contributed by atoms with Crippen LogP contribution in [0.4, 0.5) is 0 Å². The minimum atomic E-state index is 0.0834. The molecule has 1 amide bonds. The summed E-state index contributed by atoms with van der Waals surface area (Å²) in [4.78, 5) is 20.2. The number of aryl methyl sites for hydroxylation is 1. The summed E-state index contributed by atoms with van der Waals surface area (Å²) in [6, 6.07) is 4.23. The number of aromatic nitrogens is 2. The summed E-state index contributed by atoms with van der Waals surface area (Å²) >= 11 is 1.58. The van der Waals surface area contributed by atoms with E-state index in [0.29, 0.717) is 30.6 Å². The molecule has 2 aliphatic rings. The molecule has 0 spiro atoms. The molecular formula is C20H28N4O2S. The summed E-state index contributed by atoms with van der Waals surface area (Å²) in [6.07, 6.45) is 8.63. The Morgan fingerprint density at radius 1 is 1.26 bits per heavy atom. The van der Waals surface area contributed by atoms with E-state index in [1.54, 1.807) is 11.3 Å². The molecule has 4 rings (SSSR count). The molecule has 1 aliphatic heterocycles. The van der Waals surface area contributed by atoms with Gasteiger partial charge in [-0.15, -0.1) is 11.3 Å². The van der Waals surface area contributed by atoms with Gasteiger partial charge in [0.1, 0.15) is 0 Å². The molecule has 0 unspecified atom stereocenters. The molecule has 0 atom stereocenters. The van der Waals surface area contributed by atoms with Gasteiger partial charge in [-0.2, -0.15) is 4.98 Å². The van der Waals surface area contributed by atoms with E-state index in [4.69, 9.17) is 4.52 Å². The molecule has 2 fully saturated rings. The summed E-state index contributed by atoms with van der Waals surface area (Å²) in [5.41, 5.74) is 0. The van der Waals surface area contributed by atoms with E-state index in [1.165, 1.54) is 32.2 Å². The normalized spacial score (nSPS) is 19.6. The van der Waals surface area contributed by atoms with Crippen molar-refractivity contribution in [3.8, 4) is 10.7 Å². The van der Waals surface area contributed by atoms with Gasteiger partial charge in [0, 0.05) is 38.5 Å². The Bertz CT molecular complexity index is 716. The topological polar surface area (TPSA) is 71.3 Å². The molecule has 0 bridgehead atoms. The molecule has 2 aromatic rings. The number of thiophene rings is 1. The number of likely N-dealkylation sites (tertiary alicyclic amines) is 1. The lowest BCUT2D eigenvalue weighted by molar-refractivity contribution is -0.122. The smallest absolute Gasteiger partial charge is 0.227 e. The minimum absolute atomic E-state index is 0.0834. The first-order valence-electron chi connectivity index (χ1n) is 10.1. The van der Waals surface area contributed by atoms with Crippen molar-refractivity contribution in [1.82, 2.24) is 20.4 Å². The quantitative estimate of drug-likeness (QED) is 0.786. The van der Waals surface area contributed by atoms with Crippen LogP contribution in [0.15, 0.2) is 22.0 Å². The van der Waals surface area contributed by atoms with Crippen LogP contribution in [0.1, 0.15) is 50.8 Å². The van der Waals surface area contributed by atoms with E-state index in [1.807, 2.05) is 17.5 Å². The van der Waals surface area contributed by atoms with Gasteiger partial charge in [0.15, 0.2) is 0 Å². The van der Waals surface area contributed by atoms with Crippen LogP contribution in [0, 0.1) is 5.92 Å². The van der Waals surface area contributed by atoms with Crippen LogP contribution in [-0.4, -0.2) is 46.6 Å². The van der Waals surface area contributed by atoms with Gasteiger partial charge in [-0.3, -0.25) is 4.79 Å². The zero-order valence-electron chi connectivity index (χ0n) is 15.7. The van der Waals surface area contributed by atoms with Gasteiger partial charge in [0.05, 0.1) is 4.88 Å². The standard InChI is InChI=1S/C20H28N4O2S/c25-18(7-8-19-22-20(23-26-19)17-6-3-13-27-17)21-16-9-11-24(12-10-16)14-15-4-1-2-5-15/h3,6,13,15-16H,1-2,4-5,7-12,14H2,(H,21,25). The minimum Gasteiger partial charge on any atom is -0.353 e. The number of nitrogens with zero attached hydrogens (tertiary/aromatic N) is 3.